The Morgan fingerprint density at radius 3 is 1.33 bits per heavy atom. The normalized spacial score (nSPS) is 31.1. The largest absolute Gasteiger partial charge is 0.453 e. The van der Waals surface area contributed by atoms with Gasteiger partial charge in [0.25, 0.3) is 0 Å². The molecular formula is C48H42O12S. The fourth-order valence-electron chi connectivity index (χ4n) is 8.49. The Kier molecular flexibility index (Phi) is 11.3. The monoisotopic (exact) mass is 842 g/mol. The van der Waals surface area contributed by atoms with E-state index in [4.69, 9.17) is 37.9 Å². The lowest BCUT2D eigenvalue weighted by molar-refractivity contribution is -0.321. The summed E-state index contributed by atoms with van der Waals surface area (Å²) >= 11 is 0.973. The van der Waals surface area contributed by atoms with Gasteiger partial charge in [-0.25, -0.2) is 9.59 Å². The first-order chi connectivity index (χ1) is 29.9. The molecule has 4 heterocycles. The van der Waals surface area contributed by atoms with Gasteiger partial charge in [-0.2, -0.15) is 0 Å². The van der Waals surface area contributed by atoms with Gasteiger partial charge in [0.2, 0.25) is 0 Å². The molecule has 13 heteroatoms. The number of benzene rings is 6. The van der Waals surface area contributed by atoms with E-state index in [1.807, 2.05) is 121 Å². The zero-order valence-electron chi connectivity index (χ0n) is 32.6. The molecule has 4 aliphatic rings. The third-order valence-electron chi connectivity index (χ3n) is 11.5. The molecule has 4 saturated heterocycles. The van der Waals surface area contributed by atoms with Crippen LogP contribution in [-0.4, -0.2) is 95.1 Å². The number of thioether (sulfide) groups is 1. The molecular weight excluding hydrogens is 801 g/mol. The Bertz CT molecular complexity index is 2320. The summed E-state index contributed by atoms with van der Waals surface area (Å²) in [5.74, 6) is -1.31. The number of ether oxygens (including phenoxy) is 8. The van der Waals surface area contributed by atoms with Crippen LogP contribution in [0.5, 0.6) is 0 Å². The summed E-state index contributed by atoms with van der Waals surface area (Å²) in [6.07, 6.45) is -10.5. The Morgan fingerprint density at radius 1 is 0.492 bits per heavy atom. The summed E-state index contributed by atoms with van der Waals surface area (Å²) in [4.78, 5) is 28.1. The average Bonchev–Trinajstić information content (AvgIpc) is 3.31. The van der Waals surface area contributed by atoms with E-state index < -0.39 is 84.2 Å². The van der Waals surface area contributed by atoms with Crippen molar-refractivity contribution in [1.29, 1.82) is 0 Å². The second-order valence-electron chi connectivity index (χ2n) is 15.3. The lowest BCUT2D eigenvalue weighted by atomic mass is 9.97. The van der Waals surface area contributed by atoms with Crippen LogP contribution in [0.1, 0.15) is 44.4 Å². The molecule has 6 aromatic carbocycles. The van der Waals surface area contributed by atoms with Crippen LogP contribution >= 0.6 is 11.8 Å². The standard InChI is InChI=1S/C48H42O12S/c49-37-41(57-43(51)33-23-11-19-27-13-7-9-21-31(27)33)39-35(25-53-45(59-39)29-15-3-1-4-16-29)55-47(37)61-48-38(50)42(58-44(52)34-24-12-20-28-14-8-10-22-32(28)34)40-36(56-48)26-54-46(60-40)30-17-5-2-6-18-30/h1-24,35-42,45-50H,25-26H2/t35-,36-,37-,38-,39+,40+,41-,42-,45+,46+,47+,48+/m1/s1. The van der Waals surface area contributed by atoms with E-state index in [1.165, 1.54) is 0 Å². The van der Waals surface area contributed by atoms with Gasteiger partial charge >= 0.3 is 11.9 Å². The van der Waals surface area contributed by atoms with Crippen molar-refractivity contribution in [2.24, 2.45) is 0 Å². The summed E-state index contributed by atoms with van der Waals surface area (Å²) in [7, 11) is 0. The van der Waals surface area contributed by atoms with Crippen molar-refractivity contribution < 1.29 is 57.7 Å². The first kappa shape index (κ1) is 39.9. The molecule has 2 N–H and O–H groups in total. The highest BCUT2D eigenvalue weighted by atomic mass is 32.2. The summed E-state index contributed by atoms with van der Waals surface area (Å²) in [6.45, 7) is 0.0891. The van der Waals surface area contributed by atoms with Crippen LogP contribution in [0.3, 0.4) is 0 Å². The van der Waals surface area contributed by atoms with Crippen molar-refractivity contribution in [3.8, 4) is 0 Å². The van der Waals surface area contributed by atoms with Gasteiger partial charge in [-0.3, -0.25) is 0 Å². The number of hydrogen-bond donors (Lipinski definition) is 2. The van der Waals surface area contributed by atoms with Crippen LogP contribution in [0.4, 0.5) is 0 Å². The SMILES string of the molecule is O=C(O[C@@H]1[C@@H](O)[C@H](S[C@@H]2O[C@@H]3CO[C@H](c4ccccc4)O[C@@H]3[C@H](OC(=O)c3cccc4ccccc34)[C@H]2O)O[C@@H]2CO[C@H](c3ccccc3)O[C@H]12)c1cccc2ccccc12. The number of esters is 2. The number of carbonyl (C=O) groups excluding carboxylic acids is 2. The molecule has 0 unspecified atom stereocenters. The maximum Gasteiger partial charge on any atom is 0.339 e. The highest BCUT2D eigenvalue weighted by Gasteiger charge is 2.56. The Balaban J connectivity index is 0.940. The summed E-state index contributed by atoms with van der Waals surface area (Å²) in [5, 5.41) is 27.5. The van der Waals surface area contributed by atoms with E-state index in [2.05, 4.69) is 0 Å². The molecule has 6 aromatic rings. The maximum atomic E-state index is 14.1. The molecule has 0 saturated carbocycles. The van der Waals surface area contributed by atoms with Gasteiger partial charge in [-0.1, -0.05) is 145 Å². The Morgan fingerprint density at radius 2 is 0.885 bits per heavy atom. The molecule has 4 aliphatic heterocycles. The summed E-state index contributed by atoms with van der Waals surface area (Å²) in [6, 6.07) is 44.3. The van der Waals surface area contributed by atoms with Crippen LogP contribution in [0, 0.1) is 0 Å². The number of rotatable bonds is 8. The second-order valence-corrected chi connectivity index (χ2v) is 16.6. The van der Waals surface area contributed by atoms with E-state index in [0.717, 1.165) is 33.7 Å². The minimum absolute atomic E-state index is 0.0446. The molecule has 0 amide bonds. The predicted molar refractivity (Wildman–Crippen MR) is 223 cm³/mol. The lowest BCUT2D eigenvalue weighted by Gasteiger charge is -2.50. The number of carbonyl (C=O) groups is 2. The highest BCUT2D eigenvalue weighted by molar-refractivity contribution is 8.00. The summed E-state index contributed by atoms with van der Waals surface area (Å²) in [5.41, 5.74) is -0.142. The molecule has 12 nitrogen and oxygen atoms in total. The predicted octanol–water partition coefficient (Wildman–Crippen LogP) is 6.88. The molecule has 12 atom stereocenters. The number of aliphatic hydroxyl groups is 2. The number of aliphatic hydroxyl groups excluding tert-OH is 2. The smallest absolute Gasteiger partial charge is 0.339 e. The molecule has 4 fully saturated rings. The fraction of sp³-hybridized carbons (Fsp3) is 0.292. The van der Waals surface area contributed by atoms with Crippen LogP contribution in [0.25, 0.3) is 21.5 Å². The average molecular weight is 843 g/mol. The quantitative estimate of drug-likeness (QED) is 0.154. The van der Waals surface area contributed by atoms with E-state index in [-0.39, 0.29) is 13.2 Å². The van der Waals surface area contributed by atoms with Crippen molar-refractivity contribution in [1.82, 2.24) is 0 Å². The van der Waals surface area contributed by atoms with Crippen molar-refractivity contribution in [3.63, 3.8) is 0 Å². The van der Waals surface area contributed by atoms with Gasteiger partial charge in [0.15, 0.2) is 24.8 Å². The first-order valence-corrected chi connectivity index (χ1v) is 21.2. The number of fused-ring (bicyclic) bond motifs is 4. The van der Waals surface area contributed by atoms with Crippen LogP contribution in [0.2, 0.25) is 0 Å². The van der Waals surface area contributed by atoms with Crippen molar-refractivity contribution in [3.05, 3.63) is 168 Å². The molecule has 10 rings (SSSR count). The molecule has 0 bridgehead atoms. The van der Waals surface area contributed by atoms with Gasteiger partial charge in [0, 0.05) is 11.1 Å². The lowest BCUT2D eigenvalue weighted by Crippen LogP contribution is -2.64. The molecule has 0 spiro atoms. The fourth-order valence-corrected chi connectivity index (χ4v) is 9.80. The minimum atomic E-state index is -1.48. The van der Waals surface area contributed by atoms with E-state index in [0.29, 0.717) is 21.9 Å². The Hall–Kier alpha value is -5.19. The van der Waals surface area contributed by atoms with Gasteiger partial charge < -0.3 is 48.1 Å². The second kappa shape index (κ2) is 17.3. The first-order valence-electron chi connectivity index (χ1n) is 20.2. The van der Waals surface area contributed by atoms with Gasteiger partial charge in [0.1, 0.15) is 47.5 Å². The van der Waals surface area contributed by atoms with Gasteiger partial charge in [-0.05, 0) is 33.7 Å². The number of hydrogen-bond acceptors (Lipinski definition) is 13. The van der Waals surface area contributed by atoms with E-state index in [9.17, 15) is 19.8 Å². The topological polar surface area (TPSA) is 148 Å². The van der Waals surface area contributed by atoms with Gasteiger partial charge in [0.05, 0.1) is 24.3 Å². The van der Waals surface area contributed by atoms with Crippen molar-refractivity contribution >= 4 is 45.2 Å². The van der Waals surface area contributed by atoms with Crippen LogP contribution < -0.4 is 0 Å². The zero-order valence-corrected chi connectivity index (χ0v) is 33.4. The van der Waals surface area contributed by atoms with Gasteiger partial charge in [-0.15, -0.1) is 0 Å². The molecule has 61 heavy (non-hydrogen) atoms. The highest BCUT2D eigenvalue weighted by Crippen LogP contribution is 2.44. The third kappa shape index (κ3) is 7.93. The van der Waals surface area contributed by atoms with E-state index >= 15 is 0 Å². The molecule has 312 valence electrons. The van der Waals surface area contributed by atoms with Crippen LogP contribution in [0.15, 0.2) is 146 Å². The third-order valence-corrected chi connectivity index (χ3v) is 12.8. The van der Waals surface area contributed by atoms with E-state index in [1.54, 1.807) is 24.3 Å². The van der Waals surface area contributed by atoms with Crippen molar-refractivity contribution in [2.45, 2.75) is 72.3 Å². The molecule has 0 aromatic heterocycles. The molecule has 0 radical (unpaired) electrons. The Labute approximate surface area is 355 Å². The molecule has 0 aliphatic carbocycles. The maximum absolute atomic E-state index is 14.1. The zero-order chi connectivity index (χ0) is 41.5. The minimum Gasteiger partial charge on any atom is -0.453 e. The van der Waals surface area contributed by atoms with Crippen molar-refractivity contribution in [2.75, 3.05) is 13.2 Å². The summed E-state index contributed by atoms with van der Waals surface area (Å²) < 4.78 is 50.5. The van der Waals surface area contributed by atoms with Crippen LogP contribution in [-0.2, 0) is 37.9 Å².